The molecular weight excluding hydrogens is 378 g/mol. The molecule has 0 saturated carbocycles. The highest BCUT2D eigenvalue weighted by molar-refractivity contribution is 6.08. The van der Waals surface area contributed by atoms with E-state index < -0.39 is 52.9 Å². The molecule has 0 aromatic heterocycles. The number of aryl methyl sites for hydroxylation is 1. The molecule has 0 aliphatic carbocycles. The van der Waals surface area contributed by atoms with Crippen LogP contribution >= 0.6 is 0 Å². The highest BCUT2D eigenvalue weighted by Gasteiger charge is 2.29. The standard InChI is InChI=1S/C20H19F4NO3/c1-11-5-6-13(9-14(11)22)25(10-17(26)28-20(2,3)4)19(27)18-15(23)7-12(21)8-16(18)24/h5-9H,10H2,1-4H3. The van der Waals surface area contributed by atoms with Crippen molar-refractivity contribution < 1.29 is 31.9 Å². The molecule has 4 nitrogen and oxygen atoms in total. The second-order valence-corrected chi connectivity index (χ2v) is 7.16. The monoisotopic (exact) mass is 397 g/mol. The van der Waals surface area contributed by atoms with Crippen molar-refractivity contribution >= 4 is 17.6 Å². The van der Waals surface area contributed by atoms with E-state index in [4.69, 9.17) is 4.74 Å². The van der Waals surface area contributed by atoms with E-state index in [1.807, 2.05) is 0 Å². The molecule has 0 fully saturated rings. The zero-order valence-corrected chi connectivity index (χ0v) is 15.8. The summed E-state index contributed by atoms with van der Waals surface area (Å²) < 4.78 is 60.4. The highest BCUT2D eigenvalue weighted by Crippen LogP contribution is 2.24. The van der Waals surface area contributed by atoms with E-state index >= 15 is 0 Å². The SMILES string of the molecule is Cc1ccc(N(CC(=O)OC(C)(C)C)C(=O)c2c(F)cc(F)cc2F)cc1F. The maximum Gasteiger partial charge on any atom is 0.326 e. The Morgan fingerprint density at radius 1 is 0.964 bits per heavy atom. The average Bonchev–Trinajstić information content (AvgIpc) is 2.52. The van der Waals surface area contributed by atoms with Crippen LogP contribution in [0, 0.1) is 30.2 Å². The minimum Gasteiger partial charge on any atom is -0.459 e. The molecule has 8 heteroatoms. The van der Waals surface area contributed by atoms with Gasteiger partial charge in [0.2, 0.25) is 0 Å². The van der Waals surface area contributed by atoms with Crippen LogP contribution in [0.4, 0.5) is 23.2 Å². The van der Waals surface area contributed by atoms with Gasteiger partial charge >= 0.3 is 5.97 Å². The highest BCUT2D eigenvalue weighted by atomic mass is 19.1. The van der Waals surface area contributed by atoms with E-state index in [9.17, 15) is 27.2 Å². The molecule has 0 radical (unpaired) electrons. The number of ether oxygens (including phenoxy) is 1. The molecular formula is C20H19F4NO3. The number of nitrogens with zero attached hydrogens (tertiary/aromatic N) is 1. The lowest BCUT2D eigenvalue weighted by molar-refractivity contribution is -0.152. The van der Waals surface area contributed by atoms with E-state index in [1.165, 1.54) is 19.1 Å². The van der Waals surface area contributed by atoms with Crippen LogP contribution in [-0.2, 0) is 9.53 Å². The number of carbonyl (C=O) groups excluding carboxylic acids is 2. The summed E-state index contributed by atoms with van der Waals surface area (Å²) in [5.41, 5.74) is -1.78. The molecule has 0 aliphatic rings. The van der Waals surface area contributed by atoms with Gasteiger partial charge in [0.1, 0.15) is 41.0 Å². The third-order valence-corrected chi connectivity index (χ3v) is 3.64. The molecule has 2 rings (SSSR count). The van der Waals surface area contributed by atoms with Gasteiger partial charge in [0, 0.05) is 17.8 Å². The number of esters is 1. The zero-order valence-electron chi connectivity index (χ0n) is 15.8. The Bertz CT molecular complexity index is 899. The first-order chi connectivity index (χ1) is 12.9. The second kappa shape index (κ2) is 8.00. The van der Waals surface area contributed by atoms with Gasteiger partial charge in [-0.05, 0) is 45.4 Å². The molecule has 0 heterocycles. The number of hydrogen-bond acceptors (Lipinski definition) is 3. The maximum atomic E-state index is 14.1. The summed E-state index contributed by atoms with van der Waals surface area (Å²) in [5, 5.41) is 0. The first-order valence-corrected chi connectivity index (χ1v) is 8.33. The van der Waals surface area contributed by atoms with Crippen molar-refractivity contribution in [3.8, 4) is 0 Å². The van der Waals surface area contributed by atoms with Gasteiger partial charge < -0.3 is 4.74 Å². The average molecular weight is 397 g/mol. The van der Waals surface area contributed by atoms with Gasteiger partial charge in [0.05, 0.1) is 0 Å². The summed E-state index contributed by atoms with van der Waals surface area (Å²) in [6, 6.07) is 4.31. The van der Waals surface area contributed by atoms with Crippen LogP contribution in [0.25, 0.3) is 0 Å². The number of carbonyl (C=O) groups is 2. The number of hydrogen-bond donors (Lipinski definition) is 0. The third-order valence-electron chi connectivity index (χ3n) is 3.64. The Balaban J connectivity index is 2.50. The van der Waals surface area contributed by atoms with Gasteiger partial charge in [-0.1, -0.05) is 6.07 Å². The summed E-state index contributed by atoms with van der Waals surface area (Å²) in [6.45, 7) is 5.55. The predicted molar refractivity (Wildman–Crippen MR) is 95.0 cm³/mol. The van der Waals surface area contributed by atoms with E-state index in [2.05, 4.69) is 0 Å². The Hall–Kier alpha value is -2.90. The molecule has 150 valence electrons. The topological polar surface area (TPSA) is 46.6 Å². The van der Waals surface area contributed by atoms with Gasteiger partial charge in [-0.25, -0.2) is 17.6 Å². The number of halogens is 4. The Kier molecular flexibility index (Phi) is 6.11. The fraction of sp³-hybridized carbons (Fsp3) is 0.300. The Morgan fingerprint density at radius 2 is 1.54 bits per heavy atom. The summed E-state index contributed by atoms with van der Waals surface area (Å²) in [6.07, 6.45) is 0. The zero-order chi connectivity index (χ0) is 21.2. The normalized spacial score (nSPS) is 11.3. The van der Waals surface area contributed by atoms with Gasteiger partial charge in [-0.3, -0.25) is 14.5 Å². The summed E-state index contributed by atoms with van der Waals surface area (Å²) >= 11 is 0. The lowest BCUT2D eigenvalue weighted by atomic mass is 10.1. The van der Waals surface area contributed by atoms with Gasteiger partial charge in [0.25, 0.3) is 5.91 Å². The minimum atomic E-state index is -1.44. The van der Waals surface area contributed by atoms with Crippen LogP contribution < -0.4 is 4.90 Å². The van der Waals surface area contributed by atoms with E-state index in [1.54, 1.807) is 20.8 Å². The molecule has 0 N–H and O–H groups in total. The van der Waals surface area contributed by atoms with Crippen LogP contribution in [0.5, 0.6) is 0 Å². The summed E-state index contributed by atoms with van der Waals surface area (Å²) in [7, 11) is 0. The third kappa shape index (κ3) is 5.09. The van der Waals surface area contributed by atoms with Crippen molar-refractivity contribution in [3.63, 3.8) is 0 Å². The fourth-order valence-corrected chi connectivity index (χ4v) is 2.41. The first kappa shape index (κ1) is 21.4. The Morgan fingerprint density at radius 3 is 2.04 bits per heavy atom. The molecule has 0 unspecified atom stereocenters. The van der Waals surface area contributed by atoms with Crippen molar-refractivity contribution in [1.82, 2.24) is 0 Å². The molecule has 0 atom stereocenters. The number of anilines is 1. The predicted octanol–water partition coefficient (Wildman–Crippen LogP) is 4.54. The molecule has 0 aliphatic heterocycles. The molecule has 2 aromatic carbocycles. The van der Waals surface area contributed by atoms with Crippen molar-refractivity contribution in [1.29, 1.82) is 0 Å². The van der Waals surface area contributed by atoms with Crippen LogP contribution in [0.2, 0.25) is 0 Å². The summed E-state index contributed by atoms with van der Waals surface area (Å²) in [5.74, 6) is -6.91. The van der Waals surface area contributed by atoms with Crippen molar-refractivity contribution in [2.75, 3.05) is 11.4 Å². The fourth-order valence-electron chi connectivity index (χ4n) is 2.41. The van der Waals surface area contributed by atoms with Crippen LogP contribution in [0.15, 0.2) is 30.3 Å². The summed E-state index contributed by atoms with van der Waals surface area (Å²) in [4.78, 5) is 25.7. The van der Waals surface area contributed by atoms with E-state index in [-0.39, 0.29) is 11.3 Å². The first-order valence-electron chi connectivity index (χ1n) is 8.33. The maximum absolute atomic E-state index is 14.1. The van der Waals surface area contributed by atoms with E-state index in [0.717, 1.165) is 6.07 Å². The largest absolute Gasteiger partial charge is 0.459 e. The number of amides is 1. The lowest BCUT2D eigenvalue weighted by Gasteiger charge is -2.26. The van der Waals surface area contributed by atoms with Gasteiger partial charge in [-0.2, -0.15) is 0 Å². The van der Waals surface area contributed by atoms with Crippen LogP contribution in [-0.4, -0.2) is 24.0 Å². The Labute approximate surface area is 159 Å². The molecule has 0 bridgehead atoms. The second-order valence-electron chi connectivity index (χ2n) is 7.16. The van der Waals surface area contributed by atoms with Crippen LogP contribution in [0.3, 0.4) is 0 Å². The molecule has 0 saturated heterocycles. The number of benzene rings is 2. The van der Waals surface area contributed by atoms with Crippen molar-refractivity contribution in [2.24, 2.45) is 0 Å². The van der Waals surface area contributed by atoms with Crippen molar-refractivity contribution in [3.05, 3.63) is 64.7 Å². The van der Waals surface area contributed by atoms with Crippen molar-refractivity contribution in [2.45, 2.75) is 33.3 Å². The number of rotatable bonds is 4. The smallest absolute Gasteiger partial charge is 0.326 e. The van der Waals surface area contributed by atoms with E-state index in [0.29, 0.717) is 17.0 Å². The molecule has 28 heavy (non-hydrogen) atoms. The quantitative estimate of drug-likeness (QED) is 0.562. The molecule has 2 aromatic rings. The molecule has 0 spiro atoms. The van der Waals surface area contributed by atoms with Crippen LogP contribution in [0.1, 0.15) is 36.7 Å². The van der Waals surface area contributed by atoms with Gasteiger partial charge in [0.15, 0.2) is 0 Å². The van der Waals surface area contributed by atoms with Gasteiger partial charge in [-0.15, -0.1) is 0 Å². The minimum absolute atomic E-state index is 0.109. The molecule has 1 amide bonds. The lowest BCUT2D eigenvalue weighted by Crippen LogP contribution is -2.39.